The van der Waals surface area contributed by atoms with Crippen LogP contribution < -0.4 is 5.32 Å². The van der Waals surface area contributed by atoms with Gasteiger partial charge in [-0.05, 0) is 30.5 Å². The molecular formula is C14H17Cl2NO3. The molecule has 0 saturated heterocycles. The Morgan fingerprint density at radius 1 is 1.25 bits per heavy atom. The van der Waals surface area contributed by atoms with E-state index in [1.54, 1.807) is 6.07 Å². The van der Waals surface area contributed by atoms with E-state index in [0.717, 1.165) is 0 Å². The topological polar surface area (TPSA) is 55.4 Å². The number of carbonyl (C=O) groups is 2. The fourth-order valence-corrected chi connectivity index (χ4v) is 2.00. The number of esters is 1. The summed E-state index contributed by atoms with van der Waals surface area (Å²) in [6, 6.07) is 3.87. The van der Waals surface area contributed by atoms with Crippen LogP contribution in [0.2, 0.25) is 10.0 Å². The van der Waals surface area contributed by atoms with Crippen LogP contribution in [-0.4, -0.2) is 25.0 Å². The number of rotatable bonds is 5. The van der Waals surface area contributed by atoms with Crippen molar-refractivity contribution in [3.05, 3.63) is 33.8 Å². The smallest absolute Gasteiger partial charge is 0.328 e. The zero-order valence-corrected chi connectivity index (χ0v) is 13.1. The normalized spacial score (nSPS) is 12.1. The third kappa shape index (κ3) is 4.69. The van der Waals surface area contributed by atoms with Crippen LogP contribution in [0, 0.1) is 5.92 Å². The summed E-state index contributed by atoms with van der Waals surface area (Å²) in [4.78, 5) is 23.8. The second-order valence-corrected chi connectivity index (χ2v) is 5.62. The molecule has 1 aromatic rings. The van der Waals surface area contributed by atoms with Gasteiger partial charge in [0, 0.05) is 5.56 Å². The fraction of sp³-hybridized carbons (Fsp3) is 0.429. The maximum absolute atomic E-state index is 12.1. The minimum absolute atomic E-state index is 0.244. The first-order valence-electron chi connectivity index (χ1n) is 6.19. The summed E-state index contributed by atoms with van der Waals surface area (Å²) in [7, 11) is 1.29. The van der Waals surface area contributed by atoms with Crippen LogP contribution in [0.5, 0.6) is 0 Å². The Balaban J connectivity index is 2.84. The molecule has 0 radical (unpaired) electrons. The molecule has 1 amide bonds. The molecule has 4 nitrogen and oxygen atoms in total. The molecule has 0 saturated carbocycles. The third-order valence-corrected chi connectivity index (χ3v) is 3.42. The van der Waals surface area contributed by atoms with Gasteiger partial charge in [0.05, 0.1) is 17.2 Å². The van der Waals surface area contributed by atoms with E-state index in [9.17, 15) is 9.59 Å². The molecule has 0 aliphatic rings. The van der Waals surface area contributed by atoms with E-state index in [2.05, 4.69) is 5.32 Å². The van der Waals surface area contributed by atoms with Crippen molar-refractivity contribution in [3.63, 3.8) is 0 Å². The summed E-state index contributed by atoms with van der Waals surface area (Å²) in [5.41, 5.74) is 0.344. The zero-order chi connectivity index (χ0) is 15.3. The van der Waals surface area contributed by atoms with Gasteiger partial charge in [-0.3, -0.25) is 4.79 Å². The van der Waals surface area contributed by atoms with Gasteiger partial charge in [-0.15, -0.1) is 0 Å². The van der Waals surface area contributed by atoms with Gasteiger partial charge in [-0.1, -0.05) is 37.0 Å². The minimum Gasteiger partial charge on any atom is -0.467 e. The molecule has 1 atom stereocenters. The third-order valence-electron chi connectivity index (χ3n) is 2.68. The van der Waals surface area contributed by atoms with Crippen molar-refractivity contribution in [3.8, 4) is 0 Å². The van der Waals surface area contributed by atoms with Crippen molar-refractivity contribution < 1.29 is 14.3 Å². The van der Waals surface area contributed by atoms with Gasteiger partial charge >= 0.3 is 5.97 Å². The Hall–Kier alpha value is -1.26. The van der Waals surface area contributed by atoms with E-state index < -0.39 is 12.0 Å². The van der Waals surface area contributed by atoms with Crippen molar-refractivity contribution in [2.75, 3.05) is 7.11 Å². The van der Waals surface area contributed by atoms with Crippen molar-refractivity contribution in [1.29, 1.82) is 0 Å². The highest BCUT2D eigenvalue weighted by molar-refractivity contribution is 6.42. The molecule has 0 aliphatic heterocycles. The summed E-state index contributed by atoms with van der Waals surface area (Å²) < 4.78 is 4.69. The molecule has 6 heteroatoms. The molecule has 0 spiro atoms. The first kappa shape index (κ1) is 16.8. The van der Waals surface area contributed by atoms with E-state index in [1.165, 1.54) is 19.2 Å². The highest BCUT2D eigenvalue weighted by Gasteiger charge is 2.23. The Labute approximate surface area is 128 Å². The molecule has 1 N–H and O–H groups in total. The van der Waals surface area contributed by atoms with Crippen LogP contribution >= 0.6 is 23.2 Å². The quantitative estimate of drug-likeness (QED) is 0.848. The SMILES string of the molecule is COC(=O)C(CC(C)C)NC(=O)c1ccc(Cl)c(Cl)c1. The van der Waals surface area contributed by atoms with Crippen LogP contribution in [0.4, 0.5) is 0 Å². The first-order valence-corrected chi connectivity index (χ1v) is 6.94. The maximum Gasteiger partial charge on any atom is 0.328 e. The highest BCUT2D eigenvalue weighted by Crippen LogP contribution is 2.22. The predicted octanol–water partition coefficient (Wildman–Crippen LogP) is 3.31. The largest absolute Gasteiger partial charge is 0.467 e. The van der Waals surface area contributed by atoms with Crippen molar-refractivity contribution in [2.24, 2.45) is 5.92 Å². The average molecular weight is 318 g/mol. The molecule has 0 fully saturated rings. The summed E-state index contributed by atoms with van der Waals surface area (Å²) in [6.45, 7) is 3.92. The van der Waals surface area contributed by atoms with Crippen LogP contribution in [0.1, 0.15) is 30.6 Å². The molecular weight excluding hydrogens is 301 g/mol. The lowest BCUT2D eigenvalue weighted by Crippen LogP contribution is -2.42. The number of benzene rings is 1. The number of ether oxygens (including phenoxy) is 1. The van der Waals surface area contributed by atoms with Crippen LogP contribution in [0.15, 0.2) is 18.2 Å². The number of carbonyl (C=O) groups excluding carboxylic acids is 2. The van der Waals surface area contributed by atoms with Crippen LogP contribution in [-0.2, 0) is 9.53 Å². The van der Waals surface area contributed by atoms with Crippen molar-refractivity contribution in [1.82, 2.24) is 5.32 Å². The van der Waals surface area contributed by atoms with Gasteiger partial charge in [0.2, 0.25) is 0 Å². The summed E-state index contributed by atoms with van der Waals surface area (Å²) >= 11 is 11.7. The van der Waals surface area contributed by atoms with Crippen LogP contribution in [0.3, 0.4) is 0 Å². The molecule has 110 valence electrons. The van der Waals surface area contributed by atoms with Crippen LogP contribution in [0.25, 0.3) is 0 Å². The van der Waals surface area contributed by atoms with Gasteiger partial charge < -0.3 is 10.1 Å². The molecule has 1 rings (SSSR count). The standard InChI is InChI=1S/C14H17Cl2NO3/c1-8(2)6-12(14(19)20-3)17-13(18)9-4-5-10(15)11(16)7-9/h4-5,7-8,12H,6H2,1-3H3,(H,17,18). The Kier molecular flexibility index (Phi) is 6.30. The van der Waals surface area contributed by atoms with Gasteiger partial charge in [0.1, 0.15) is 6.04 Å². The van der Waals surface area contributed by atoms with Crippen molar-refractivity contribution in [2.45, 2.75) is 26.3 Å². The Bertz CT molecular complexity index is 503. The predicted molar refractivity (Wildman–Crippen MR) is 79.2 cm³/mol. The lowest BCUT2D eigenvalue weighted by Gasteiger charge is -2.18. The van der Waals surface area contributed by atoms with Gasteiger partial charge in [-0.25, -0.2) is 4.79 Å². The van der Waals surface area contributed by atoms with Gasteiger partial charge in [-0.2, -0.15) is 0 Å². The van der Waals surface area contributed by atoms with Crippen molar-refractivity contribution >= 4 is 35.1 Å². The van der Waals surface area contributed by atoms with E-state index in [0.29, 0.717) is 17.0 Å². The summed E-state index contributed by atoms with van der Waals surface area (Å²) in [5, 5.41) is 3.31. The Morgan fingerprint density at radius 3 is 2.40 bits per heavy atom. The highest BCUT2D eigenvalue weighted by atomic mass is 35.5. The molecule has 20 heavy (non-hydrogen) atoms. The second kappa shape index (κ2) is 7.50. The summed E-state index contributed by atoms with van der Waals surface area (Å²) in [6.07, 6.45) is 0.500. The molecule has 0 heterocycles. The monoisotopic (exact) mass is 317 g/mol. The minimum atomic E-state index is -0.679. The summed E-state index contributed by atoms with van der Waals surface area (Å²) in [5.74, 6) is -0.611. The first-order chi connectivity index (χ1) is 9.35. The molecule has 1 aromatic carbocycles. The number of hydrogen-bond acceptors (Lipinski definition) is 3. The maximum atomic E-state index is 12.1. The number of halogens is 2. The number of amides is 1. The van der Waals surface area contributed by atoms with E-state index in [-0.39, 0.29) is 16.8 Å². The van der Waals surface area contributed by atoms with E-state index in [4.69, 9.17) is 27.9 Å². The molecule has 1 unspecified atom stereocenters. The van der Waals surface area contributed by atoms with Gasteiger partial charge in [0.25, 0.3) is 5.91 Å². The van der Waals surface area contributed by atoms with E-state index >= 15 is 0 Å². The van der Waals surface area contributed by atoms with Gasteiger partial charge in [0.15, 0.2) is 0 Å². The average Bonchev–Trinajstić information content (AvgIpc) is 2.39. The molecule has 0 bridgehead atoms. The lowest BCUT2D eigenvalue weighted by atomic mass is 10.0. The Morgan fingerprint density at radius 2 is 1.90 bits per heavy atom. The molecule has 0 aromatic heterocycles. The van der Waals surface area contributed by atoms with E-state index in [1.807, 2.05) is 13.8 Å². The number of methoxy groups -OCH3 is 1. The number of nitrogens with one attached hydrogen (secondary N) is 1. The fourth-order valence-electron chi connectivity index (χ4n) is 1.71. The number of hydrogen-bond donors (Lipinski definition) is 1. The molecule has 0 aliphatic carbocycles. The second-order valence-electron chi connectivity index (χ2n) is 4.81. The zero-order valence-electron chi connectivity index (χ0n) is 11.6. The lowest BCUT2D eigenvalue weighted by molar-refractivity contribution is -0.143.